The van der Waals surface area contributed by atoms with Crippen molar-refractivity contribution >= 4 is 46.4 Å². The van der Waals surface area contributed by atoms with Crippen LogP contribution in [0, 0.1) is 43.9 Å². The van der Waals surface area contributed by atoms with E-state index in [4.69, 9.17) is 51.4 Å². The van der Waals surface area contributed by atoms with Crippen molar-refractivity contribution < 1.29 is 79.6 Å². The summed E-state index contributed by atoms with van der Waals surface area (Å²) in [7, 11) is 0. The fourth-order valence-corrected chi connectivity index (χ4v) is 3.96. The van der Waals surface area contributed by atoms with E-state index in [9.17, 15) is 10.2 Å². The van der Waals surface area contributed by atoms with E-state index in [0.29, 0.717) is 71.3 Å². The molecule has 0 bridgehead atoms. The van der Waals surface area contributed by atoms with E-state index >= 15 is 0 Å². The molecule has 0 saturated heterocycles. The van der Waals surface area contributed by atoms with Crippen molar-refractivity contribution in [2.75, 3.05) is 24.6 Å². The fraction of sp³-hybridized carbons (Fsp3) is 0.133. The Balaban J connectivity index is -0.000000375. The molecule has 2 aromatic carbocycles. The molecule has 0 radical (unpaired) electrons. The zero-order chi connectivity index (χ0) is 40.5. The standard InChI is InChI=1S/2C14H14N6O.2CO.2NO3.2H2O.2Zn/c2*15-13-12-14(18-8-17-13)20(9-19-12)6-5-16-7-10-3-1-2-4-11(10)21;2*1-2;2*2-1(3)4;;;;/h2*1-4,7-9,21H,5-6H2,(H2,15,17,18);;;;;2*1H2;;/q;;;;2*-1;;;2*+2/p-2. The number of hydrogen-bond donors (Lipinski definition) is 2. The fourth-order valence-electron chi connectivity index (χ4n) is 3.96. The van der Waals surface area contributed by atoms with Gasteiger partial charge in [-0.05, 0) is 11.1 Å². The third-order valence-corrected chi connectivity index (χ3v) is 6.10. The topological polar surface area (TPSA) is 445 Å². The Bertz CT molecular complexity index is 2040. The van der Waals surface area contributed by atoms with Crippen LogP contribution < -0.4 is 21.7 Å². The first-order chi connectivity index (χ1) is 26.0. The predicted octanol–water partition coefficient (Wildman–Crippen LogP) is -1.01. The number of anilines is 2. The molecular formula is C30H30N14O12Zn2. The van der Waals surface area contributed by atoms with E-state index < -0.39 is 10.2 Å². The summed E-state index contributed by atoms with van der Waals surface area (Å²) in [5.74, 6) is 0.662. The second-order valence-electron chi connectivity index (χ2n) is 9.33. The number of rotatable bonds is 8. The van der Waals surface area contributed by atoms with Crippen LogP contribution in [-0.4, -0.2) is 85.7 Å². The molecule has 0 amide bonds. The molecule has 296 valence electrons. The molecule has 8 N–H and O–H groups in total. The average Bonchev–Trinajstić information content (AvgIpc) is 3.77. The maximum atomic E-state index is 11.5. The number of fused-ring (bicyclic) bond motifs is 2. The Kier molecular flexibility index (Phi) is 32.3. The van der Waals surface area contributed by atoms with Crippen molar-refractivity contribution in [1.82, 2.24) is 39.0 Å². The van der Waals surface area contributed by atoms with Crippen LogP contribution >= 0.6 is 0 Å². The van der Waals surface area contributed by atoms with Crippen LogP contribution in [0.5, 0.6) is 11.5 Å². The molecular weight excluding hydrogens is 879 g/mol. The maximum Gasteiger partial charge on any atom is 2.00 e. The third-order valence-electron chi connectivity index (χ3n) is 6.10. The third kappa shape index (κ3) is 20.2. The van der Waals surface area contributed by atoms with Crippen molar-refractivity contribution in [1.29, 1.82) is 0 Å². The van der Waals surface area contributed by atoms with E-state index in [1.165, 1.54) is 24.8 Å². The molecule has 0 spiro atoms. The normalized spacial score (nSPS) is 9.17. The molecule has 0 aliphatic heterocycles. The molecule has 26 nitrogen and oxygen atoms in total. The van der Waals surface area contributed by atoms with E-state index in [1.807, 2.05) is 21.3 Å². The smallest absolute Gasteiger partial charge is 2.00 e. The molecule has 0 aliphatic carbocycles. The minimum Gasteiger partial charge on any atom is 2.00 e. The van der Waals surface area contributed by atoms with Gasteiger partial charge in [-0.3, -0.25) is 9.98 Å². The van der Waals surface area contributed by atoms with Gasteiger partial charge in [0.2, 0.25) is 0 Å². The summed E-state index contributed by atoms with van der Waals surface area (Å²) in [5, 5.41) is 52.5. The number of hydrogen-bond acceptors (Lipinski definition) is 18. The monoisotopic (exact) mass is 906 g/mol. The van der Waals surface area contributed by atoms with Gasteiger partial charge in [0.05, 0.1) is 35.9 Å². The van der Waals surface area contributed by atoms with Crippen LogP contribution in [0.2, 0.25) is 0 Å². The quantitative estimate of drug-likeness (QED) is 0.0461. The van der Waals surface area contributed by atoms with E-state index in [2.05, 4.69) is 53.2 Å². The van der Waals surface area contributed by atoms with Crippen molar-refractivity contribution in [2.24, 2.45) is 9.98 Å². The molecule has 28 heteroatoms. The summed E-state index contributed by atoms with van der Waals surface area (Å²) in [4.78, 5) is 49.5. The van der Waals surface area contributed by atoms with Gasteiger partial charge in [-0.15, -0.1) is 11.5 Å². The molecule has 0 atom stereocenters. The number of aromatic nitrogens is 8. The van der Waals surface area contributed by atoms with Gasteiger partial charge in [-0.1, -0.05) is 48.5 Å². The zero-order valence-corrected chi connectivity index (χ0v) is 35.9. The summed E-state index contributed by atoms with van der Waals surface area (Å²) in [6.07, 6.45) is 9.31. The summed E-state index contributed by atoms with van der Waals surface area (Å²) < 4.78 is 18.7. The minimum atomic E-state index is -1.75. The number of benzene rings is 2. The minimum absolute atomic E-state index is 0. The van der Waals surface area contributed by atoms with Crippen LogP contribution in [0.25, 0.3) is 22.3 Å². The first-order valence-corrected chi connectivity index (χ1v) is 14.4. The molecule has 0 saturated carbocycles. The number of nitrogen functional groups attached to an aromatic ring is 2. The van der Waals surface area contributed by atoms with Crippen LogP contribution in [-0.2, 0) is 61.3 Å². The largest absolute Gasteiger partial charge is 2.00 e. The first kappa shape index (κ1) is 57.8. The summed E-state index contributed by atoms with van der Waals surface area (Å²) in [5.41, 5.74) is 15.2. The van der Waals surface area contributed by atoms with Gasteiger partial charge in [0.15, 0.2) is 22.9 Å². The van der Waals surface area contributed by atoms with Gasteiger partial charge >= 0.3 is 61.6 Å². The van der Waals surface area contributed by atoms with Crippen molar-refractivity contribution in [3.8, 4) is 11.5 Å². The predicted molar refractivity (Wildman–Crippen MR) is 192 cm³/mol. The van der Waals surface area contributed by atoms with Gasteiger partial charge in [0, 0.05) is 25.5 Å². The van der Waals surface area contributed by atoms with E-state index in [-0.39, 0.29) is 61.4 Å². The SMILES string of the molecule is Nc1ncnc2c1ncn2CCN=Cc1ccccc1[O-].Nc1ncnc2c1ncn2CCN=Cc1ccccc1[O-].O.O.O=[N+]([O-])[O-].O=[N+]([O-])[O-].[C-]#[O+].[C-]#[O+].[Zn+2].[Zn+2]. The molecule has 58 heavy (non-hydrogen) atoms. The number of para-hydroxylation sites is 2. The van der Waals surface area contributed by atoms with Gasteiger partial charge in [0.1, 0.15) is 23.7 Å². The maximum absolute atomic E-state index is 11.5. The van der Waals surface area contributed by atoms with Crippen molar-refractivity contribution in [3.63, 3.8) is 0 Å². The van der Waals surface area contributed by atoms with Crippen LogP contribution in [0.4, 0.5) is 11.6 Å². The number of aliphatic imine (C=N–C) groups is 2. The Morgan fingerprint density at radius 3 is 1.24 bits per heavy atom. The van der Waals surface area contributed by atoms with Gasteiger partial charge in [0.25, 0.3) is 0 Å². The molecule has 6 aromatic rings. The van der Waals surface area contributed by atoms with Crippen molar-refractivity contribution in [2.45, 2.75) is 13.1 Å². The Labute approximate surface area is 351 Å². The second kappa shape index (κ2) is 32.4. The Morgan fingerprint density at radius 1 is 0.621 bits per heavy atom. The molecule has 6 rings (SSSR count). The van der Waals surface area contributed by atoms with Gasteiger partial charge in [-0.25, -0.2) is 29.9 Å². The number of nitrogens with two attached hydrogens (primary N) is 2. The molecule has 4 heterocycles. The Morgan fingerprint density at radius 2 is 0.931 bits per heavy atom. The zero-order valence-electron chi connectivity index (χ0n) is 29.9. The molecule has 0 aliphatic rings. The first-order valence-electron chi connectivity index (χ1n) is 14.4. The van der Waals surface area contributed by atoms with Crippen molar-refractivity contribution in [3.05, 3.63) is 129 Å². The van der Waals surface area contributed by atoms with Crippen LogP contribution in [0.3, 0.4) is 0 Å². The number of nitrogens with zero attached hydrogens (tertiary/aromatic N) is 12. The average molecular weight is 909 g/mol. The van der Waals surface area contributed by atoms with Gasteiger partial charge < -0.3 is 72.4 Å². The molecule has 4 aromatic heterocycles. The van der Waals surface area contributed by atoms with E-state index in [0.717, 1.165) is 0 Å². The summed E-state index contributed by atoms with van der Waals surface area (Å²) in [6.45, 7) is 11.2. The summed E-state index contributed by atoms with van der Waals surface area (Å²) in [6, 6.07) is 13.6. The van der Waals surface area contributed by atoms with E-state index in [1.54, 1.807) is 49.3 Å². The van der Waals surface area contributed by atoms with Crippen LogP contribution in [0.15, 0.2) is 83.8 Å². The molecule has 0 fully saturated rings. The number of imidazole rings is 2. The van der Waals surface area contributed by atoms with Gasteiger partial charge in [-0.2, -0.15) is 0 Å². The molecule has 0 unspecified atom stereocenters. The summed E-state index contributed by atoms with van der Waals surface area (Å²) >= 11 is 0. The second-order valence-corrected chi connectivity index (χ2v) is 9.33. The van der Waals surface area contributed by atoms with Crippen LogP contribution in [0.1, 0.15) is 11.1 Å². The Hall–Kier alpha value is -6.87.